The van der Waals surface area contributed by atoms with Crippen LogP contribution >= 0.6 is 0 Å². The molecule has 3 fully saturated rings. The van der Waals surface area contributed by atoms with Crippen molar-refractivity contribution in [2.24, 2.45) is 5.92 Å². The second-order valence-corrected chi connectivity index (χ2v) is 10.3. The lowest BCUT2D eigenvalue weighted by atomic mass is 9.86. The van der Waals surface area contributed by atoms with Gasteiger partial charge in [0.15, 0.2) is 12.6 Å². The van der Waals surface area contributed by atoms with E-state index in [0.29, 0.717) is 6.61 Å². The summed E-state index contributed by atoms with van der Waals surface area (Å²) in [5.41, 5.74) is -1.46. The van der Waals surface area contributed by atoms with Gasteiger partial charge >= 0.3 is 0 Å². The second-order valence-electron chi connectivity index (χ2n) is 10.3. The Morgan fingerprint density at radius 2 is 1.51 bits per heavy atom. The number of rotatable bonds is 12. The summed E-state index contributed by atoms with van der Waals surface area (Å²) in [5.74, 6) is 0.831. The highest BCUT2D eigenvalue weighted by molar-refractivity contribution is 4.94. The van der Waals surface area contributed by atoms with Gasteiger partial charge < -0.3 is 54.7 Å². The average molecular weight is 509 g/mol. The molecule has 7 N–H and O–H groups in total. The topological polar surface area (TPSA) is 179 Å². The van der Waals surface area contributed by atoms with Crippen molar-refractivity contribution in [2.45, 2.75) is 119 Å². The first-order valence-electron chi connectivity index (χ1n) is 13.0. The molecular weight excluding hydrogens is 464 g/mol. The third-order valence-electron chi connectivity index (χ3n) is 7.53. The van der Waals surface area contributed by atoms with Crippen molar-refractivity contribution in [3.63, 3.8) is 0 Å². The van der Waals surface area contributed by atoms with E-state index in [0.717, 1.165) is 25.2 Å². The van der Waals surface area contributed by atoms with E-state index in [4.69, 9.17) is 18.9 Å². The fraction of sp³-hybridized carbons (Fsp3) is 1.00. The molecule has 0 aromatic heterocycles. The number of hydrogen-bond donors (Lipinski definition) is 7. The predicted octanol–water partition coefficient (Wildman–Crippen LogP) is -0.840. The summed E-state index contributed by atoms with van der Waals surface area (Å²) < 4.78 is 22.4. The summed E-state index contributed by atoms with van der Waals surface area (Å²) in [4.78, 5) is 0. The molecule has 1 saturated carbocycles. The van der Waals surface area contributed by atoms with E-state index in [2.05, 4.69) is 0 Å². The minimum absolute atomic E-state index is 0.163. The third kappa shape index (κ3) is 7.78. The molecule has 3 rings (SSSR count). The maximum Gasteiger partial charge on any atom is 0.186 e. The van der Waals surface area contributed by atoms with E-state index >= 15 is 0 Å². The predicted molar refractivity (Wildman–Crippen MR) is 122 cm³/mol. The van der Waals surface area contributed by atoms with E-state index in [1.165, 1.54) is 38.5 Å². The van der Waals surface area contributed by atoms with Gasteiger partial charge in [0.05, 0.1) is 25.9 Å². The lowest BCUT2D eigenvalue weighted by Gasteiger charge is -2.45. The van der Waals surface area contributed by atoms with E-state index in [9.17, 15) is 35.7 Å². The van der Waals surface area contributed by atoms with Gasteiger partial charge in [0.2, 0.25) is 0 Å². The highest BCUT2D eigenvalue weighted by atomic mass is 16.7. The van der Waals surface area contributed by atoms with Gasteiger partial charge in [0.25, 0.3) is 0 Å². The molecule has 0 radical (unpaired) electrons. The van der Waals surface area contributed by atoms with Crippen LogP contribution in [0.5, 0.6) is 0 Å². The molecule has 2 aliphatic heterocycles. The molecule has 206 valence electrons. The Morgan fingerprint density at radius 1 is 0.771 bits per heavy atom. The van der Waals surface area contributed by atoms with Crippen molar-refractivity contribution in [1.29, 1.82) is 0 Å². The Morgan fingerprint density at radius 3 is 2.20 bits per heavy atom. The molecular formula is C24H44O11. The number of aliphatic hydroxyl groups is 7. The molecule has 11 nitrogen and oxygen atoms in total. The van der Waals surface area contributed by atoms with Crippen molar-refractivity contribution in [1.82, 2.24) is 0 Å². The molecule has 0 amide bonds. The minimum Gasteiger partial charge on any atom is -0.394 e. The van der Waals surface area contributed by atoms with Crippen LogP contribution in [0.2, 0.25) is 0 Å². The summed E-state index contributed by atoms with van der Waals surface area (Å²) in [5, 5.41) is 70.1. The van der Waals surface area contributed by atoms with Crippen LogP contribution in [-0.2, 0) is 18.9 Å². The van der Waals surface area contributed by atoms with Gasteiger partial charge in [-0.25, -0.2) is 0 Å². The molecule has 3 aliphatic rings. The zero-order valence-corrected chi connectivity index (χ0v) is 20.4. The molecule has 0 bridgehead atoms. The van der Waals surface area contributed by atoms with Crippen molar-refractivity contribution < 1.29 is 54.7 Å². The van der Waals surface area contributed by atoms with Crippen LogP contribution in [0.4, 0.5) is 0 Å². The van der Waals surface area contributed by atoms with Crippen LogP contribution < -0.4 is 0 Å². The monoisotopic (exact) mass is 508 g/mol. The Labute approximate surface area is 206 Å². The summed E-state index contributed by atoms with van der Waals surface area (Å²) in [6.45, 7) is -1.21. The summed E-state index contributed by atoms with van der Waals surface area (Å²) in [6, 6.07) is 0. The quantitative estimate of drug-likeness (QED) is 0.163. The van der Waals surface area contributed by atoms with Crippen LogP contribution in [0, 0.1) is 5.92 Å². The van der Waals surface area contributed by atoms with Crippen LogP contribution in [0.25, 0.3) is 0 Å². The maximum atomic E-state index is 10.4. The van der Waals surface area contributed by atoms with Crippen LogP contribution in [-0.4, -0.2) is 117 Å². The van der Waals surface area contributed by atoms with Crippen molar-refractivity contribution in [3.05, 3.63) is 0 Å². The second kappa shape index (κ2) is 13.9. The summed E-state index contributed by atoms with van der Waals surface area (Å²) >= 11 is 0. The van der Waals surface area contributed by atoms with Crippen LogP contribution in [0.3, 0.4) is 0 Å². The molecule has 11 heteroatoms. The van der Waals surface area contributed by atoms with Crippen LogP contribution in [0.1, 0.15) is 64.2 Å². The van der Waals surface area contributed by atoms with Crippen molar-refractivity contribution >= 4 is 0 Å². The van der Waals surface area contributed by atoms with Gasteiger partial charge in [-0.15, -0.1) is 0 Å². The van der Waals surface area contributed by atoms with Gasteiger partial charge in [0, 0.05) is 13.0 Å². The van der Waals surface area contributed by atoms with E-state index in [1.807, 2.05) is 0 Å². The number of aliphatic hydroxyl groups excluding tert-OH is 7. The van der Waals surface area contributed by atoms with Gasteiger partial charge in [-0.3, -0.25) is 0 Å². The fourth-order valence-corrected chi connectivity index (χ4v) is 5.25. The Bertz CT molecular complexity index is 602. The van der Waals surface area contributed by atoms with E-state index < -0.39 is 68.0 Å². The molecule has 1 aliphatic carbocycles. The molecule has 35 heavy (non-hydrogen) atoms. The first kappa shape index (κ1) is 29.1. The molecule has 9 atom stereocenters. The zero-order valence-electron chi connectivity index (χ0n) is 20.4. The third-order valence-corrected chi connectivity index (χ3v) is 7.53. The van der Waals surface area contributed by atoms with Crippen LogP contribution in [0.15, 0.2) is 0 Å². The smallest absolute Gasteiger partial charge is 0.186 e. The largest absolute Gasteiger partial charge is 0.394 e. The lowest BCUT2D eigenvalue weighted by molar-refractivity contribution is -0.342. The first-order chi connectivity index (χ1) is 16.8. The molecule has 0 aromatic rings. The SMILES string of the molecule is OCC1O[C@H](OCC2(CO)CC(O)C(O)[C@H](OCCCCCC3CCCCC3)O2)C(O)C(O)[C@@H]1O. The van der Waals surface area contributed by atoms with Crippen molar-refractivity contribution in [3.8, 4) is 0 Å². The summed E-state index contributed by atoms with van der Waals surface area (Å²) in [7, 11) is 0. The standard InChI is InChI=1S/C24H44O11/c25-12-17-19(29)20(30)21(31)22(34-17)33-14-24(13-26)11-16(27)18(28)23(35-24)32-10-6-2-5-9-15-7-3-1-4-8-15/h15-23,25-31H,1-14H2/t16?,17?,18?,19-,20?,21?,22+,23-,24?/m1/s1. The molecule has 6 unspecified atom stereocenters. The van der Waals surface area contributed by atoms with E-state index in [-0.39, 0.29) is 13.0 Å². The number of unbranched alkanes of at least 4 members (excludes halogenated alkanes) is 2. The normalized spacial score (nSPS) is 41.2. The molecule has 0 spiro atoms. The van der Waals surface area contributed by atoms with E-state index in [1.54, 1.807) is 0 Å². The minimum atomic E-state index is -1.61. The molecule has 2 heterocycles. The lowest BCUT2D eigenvalue weighted by Crippen LogP contribution is -2.62. The van der Waals surface area contributed by atoms with Gasteiger partial charge in [-0.05, 0) is 12.3 Å². The Kier molecular flexibility index (Phi) is 11.6. The van der Waals surface area contributed by atoms with Gasteiger partial charge in [-0.1, -0.05) is 51.4 Å². The maximum absolute atomic E-state index is 10.4. The highest BCUT2D eigenvalue weighted by Crippen LogP contribution is 2.32. The zero-order chi connectivity index (χ0) is 25.4. The summed E-state index contributed by atoms with van der Waals surface area (Å²) in [6.07, 6.45) is -0.391. The molecule has 2 saturated heterocycles. The molecule has 0 aromatic carbocycles. The van der Waals surface area contributed by atoms with Crippen molar-refractivity contribution in [2.75, 3.05) is 26.4 Å². The fourth-order valence-electron chi connectivity index (χ4n) is 5.25. The average Bonchev–Trinajstić information content (AvgIpc) is 2.87. The number of hydrogen-bond acceptors (Lipinski definition) is 11. The highest BCUT2D eigenvalue weighted by Gasteiger charge is 2.49. The Balaban J connectivity index is 1.46. The Hall–Kier alpha value is -0.440. The van der Waals surface area contributed by atoms with Gasteiger partial charge in [0.1, 0.15) is 36.1 Å². The first-order valence-corrected chi connectivity index (χ1v) is 13.0. The van der Waals surface area contributed by atoms with Gasteiger partial charge in [-0.2, -0.15) is 0 Å². The number of ether oxygens (including phenoxy) is 4.